The van der Waals surface area contributed by atoms with Gasteiger partial charge in [-0.3, -0.25) is 19.9 Å². The zero-order valence-electron chi connectivity index (χ0n) is 40.6. The van der Waals surface area contributed by atoms with Crippen molar-refractivity contribution in [1.82, 2.24) is 29.7 Å². The van der Waals surface area contributed by atoms with Gasteiger partial charge in [0, 0.05) is 64.8 Å². The van der Waals surface area contributed by atoms with Crippen LogP contribution in [0.15, 0.2) is 97.6 Å². The van der Waals surface area contributed by atoms with E-state index in [0.29, 0.717) is 52.4 Å². The van der Waals surface area contributed by atoms with E-state index in [1.807, 2.05) is 72.8 Å². The SMILES string of the molecule is CC#N.CC#N.NCCN(CC[O-])CC[O-].NCCN(CC[O-])CC[O-].[Mn+3].[Mn+3].[Mn+3].[Mn+3].[O-2].[O-2].[O-][Cl+3]([O-])([O-])[O-].[O-][Cl+3]([O-])([O-])[O-].[O-][Cl+3]([O-])([O-])[O-].[O-][Cl+3]([O-])([O-])[O-].[OH3+].[OH3+].c1ccc(-c2ccccn2)nc1.c1ccc(-c2ccccn2)nc1. The first-order chi connectivity index (χ1) is 32.5. The molecular formula is C36H56Cl4Mn4N10O24+2. The maximum Gasteiger partial charge on any atom is 3.00 e. The van der Waals surface area contributed by atoms with E-state index in [2.05, 4.69) is 19.9 Å². The Balaban J connectivity index is -0.0000000497. The molecule has 448 valence electrons. The first kappa shape index (κ1) is 111. The maximum atomic E-state index is 10.1. The molecule has 4 aromatic heterocycles. The molecule has 0 bridgehead atoms. The van der Waals surface area contributed by atoms with Gasteiger partial charge >= 0.3 is 68.3 Å². The predicted octanol–water partition coefficient (Wildman–Crippen LogP) is -21.8. The molecule has 0 amide bonds. The summed E-state index contributed by atoms with van der Waals surface area (Å²) in [5.41, 5.74) is 14.1. The van der Waals surface area contributed by atoms with Gasteiger partial charge in [-0.2, -0.15) is 10.5 Å². The minimum absolute atomic E-state index is 0. The van der Waals surface area contributed by atoms with Crippen molar-refractivity contribution in [2.24, 2.45) is 11.5 Å². The number of halogens is 4. The van der Waals surface area contributed by atoms with Gasteiger partial charge in [0.1, 0.15) is 0 Å². The zero-order valence-corrected chi connectivity index (χ0v) is 48.4. The summed E-state index contributed by atoms with van der Waals surface area (Å²) in [6.07, 6.45) is 7.07. The van der Waals surface area contributed by atoms with Gasteiger partial charge in [-0.1, -0.05) is 24.3 Å². The van der Waals surface area contributed by atoms with E-state index in [-0.39, 0.29) is 117 Å². The molecule has 0 spiro atoms. The van der Waals surface area contributed by atoms with Crippen molar-refractivity contribution in [2.45, 2.75) is 13.8 Å². The molecular weight excluding hydrogens is 1320 g/mol. The number of nitrogens with two attached hydrogens (primary N) is 2. The van der Waals surface area contributed by atoms with Gasteiger partial charge in [-0.05, 0) is 74.7 Å². The van der Waals surface area contributed by atoms with E-state index in [4.69, 9.17) is 96.5 Å². The fourth-order valence-corrected chi connectivity index (χ4v) is 3.61. The summed E-state index contributed by atoms with van der Waals surface area (Å²) in [6, 6.07) is 26.7. The minimum atomic E-state index is -4.94. The van der Waals surface area contributed by atoms with Gasteiger partial charge in [-0.25, -0.2) is 74.5 Å². The van der Waals surface area contributed by atoms with Crippen molar-refractivity contribution in [3.63, 3.8) is 0 Å². The molecule has 0 atom stereocenters. The number of pyridine rings is 4. The van der Waals surface area contributed by atoms with Crippen LogP contribution in [-0.2, 0) is 90.2 Å². The molecule has 42 heteroatoms. The third-order valence-electron chi connectivity index (χ3n) is 5.71. The van der Waals surface area contributed by atoms with Crippen molar-refractivity contribution in [3.8, 4) is 34.9 Å². The third kappa shape index (κ3) is 126. The van der Waals surface area contributed by atoms with E-state index in [0.717, 1.165) is 22.8 Å². The molecule has 4 rings (SSSR count). The van der Waals surface area contributed by atoms with Crippen LogP contribution >= 0.6 is 0 Å². The van der Waals surface area contributed by atoms with Crippen LogP contribution in [0.1, 0.15) is 13.8 Å². The summed E-state index contributed by atoms with van der Waals surface area (Å²) >= 11 is 0. The van der Waals surface area contributed by atoms with Gasteiger partial charge in [-0.15, -0.1) is 67.4 Å². The van der Waals surface area contributed by atoms with Crippen molar-refractivity contribution in [2.75, 3.05) is 78.8 Å². The van der Waals surface area contributed by atoms with E-state index in [9.17, 15) is 20.4 Å². The molecule has 4 heterocycles. The summed E-state index contributed by atoms with van der Waals surface area (Å²) in [4.78, 5) is 20.3. The van der Waals surface area contributed by atoms with E-state index >= 15 is 0 Å². The molecule has 10 N–H and O–H groups in total. The Bertz CT molecular complexity index is 1500. The molecule has 0 radical (unpaired) electrons. The topological polar surface area (TPSA) is 742 Å². The number of aromatic nitrogens is 4. The molecule has 0 fully saturated rings. The second-order valence-electron chi connectivity index (χ2n) is 10.9. The molecule has 0 aromatic carbocycles. The van der Waals surface area contributed by atoms with E-state index in [1.165, 1.54) is 13.8 Å². The molecule has 0 aliphatic carbocycles. The van der Waals surface area contributed by atoms with Crippen LogP contribution in [0.4, 0.5) is 0 Å². The Hall–Kier alpha value is -2.30. The number of hydrogen-bond donors (Lipinski definition) is 2. The van der Waals surface area contributed by atoms with Crippen molar-refractivity contribution >= 4 is 0 Å². The van der Waals surface area contributed by atoms with Gasteiger partial charge in [0.15, 0.2) is 0 Å². The molecule has 78 heavy (non-hydrogen) atoms. The maximum absolute atomic E-state index is 10.1. The monoisotopic (exact) mass is 1370 g/mol. The second-order valence-corrected chi connectivity index (χ2v) is 13.9. The summed E-state index contributed by atoms with van der Waals surface area (Å²) in [6.45, 7) is 6.37. The fourth-order valence-electron chi connectivity index (χ4n) is 3.61. The molecule has 4 aromatic rings. The first-order valence-electron chi connectivity index (χ1n) is 18.4. The predicted molar refractivity (Wildman–Crippen MR) is 199 cm³/mol. The summed E-state index contributed by atoms with van der Waals surface area (Å²) < 4.78 is 136. The van der Waals surface area contributed by atoms with Gasteiger partial charge in [0.2, 0.25) is 0 Å². The van der Waals surface area contributed by atoms with Gasteiger partial charge in [0.05, 0.1) is 34.9 Å². The fraction of sp³-hybridized carbons (Fsp3) is 0.389. The second kappa shape index (κ2) is 74.7. The van der Waals surface area contributed by atoms with Crippen molar-refractivity contribution in [3.05, 3.63) is 97.6 Å². The van der Waals surface area contributed by atoms with Crippen LogP contribution in [0.25, 0.3) is 22.8 Å². The van der Waals surface area contributed by atoms with Crippen LogP contribution in [0.5, 0.6) is 0 Å². The Morgan fingerprint density at radius 2 is 0.526 bits per heavy atom. The minimum Gasteiger partial charge on any atom is -2.00 e. The first-order valence-corrected chi connectivity index (χ1v) is 23.3. The normalized spacial score (nSPS) is 9.03. The standard InChI is InChI=1S/2C10H8N2.2C6H14N2O2.2C2H3N.4ClHO4.4Mn.2H2O.2O/c2*1-3-7-11-9(5-1)10-6-2-4-8-12-10;2*7-1-2-8(3-5-9)4-6-10;2*1-2-3;4*2-1(3,4)5;;;;;;;;/h2*1-8H;2*1-7H2;2*1H3;4*(H,2,3,4,5);;;;;2*1H2;;/q;;2*-2;;;;;;;4*+3;;;2*-2/p-2. The smallest absolute Gasteiger partial charge is 2.00 e. The number of hydrogen-bond acceptors (Lipinski definition) is 30. The summed E-state index contributed by atoms with van der Waals surface area (Å²) in [7, 11) is -19.8. The van der Waals surface area contributed by atoms with Crippen molar-refractivity contribution in [1.29, 1.82) is 10.5 Å². The molecule has 0 saturated carbocycles. The Morgan fingerprint density at radius 3 is 0.615 bits per heavy atom. The molecule has 0 aliphatic heterocycles. The molecule has 34 nitrogen and oxygen atoms in total. The Morgan fingerprint density at radius 1 is 0.385 bits per heavy atom. The summed E-state index contributed by atoms with van der Waals surface area (Å²) in [5.74, 6) is 0. The Labute approximate surface area is 499 Å². The average Bonchev–Trinajstić information content (AvgIpc) is 3.25. The van der Waals surface area contributed by atoms with Crippen LogP contribution in [0, 0.1) is 63.6 Å². The average molecular weight is 1370 g/mol. The molecule has 0 aliphatic rings. The largest absolute Gasteiger partial charge is 3.00 e. The molecule has 0 saturated heterocycles. The molecule has 0 unspecified atom stereocenters. The van der Waals surface area contributed by atoms with Crippen LogP contribution in [0.2, 0.25) is 0 Å². The van der Waals surface area contributed by atoms with Gasteiger partial charge < -0.3 is 63.6 Å². The number of nitrogens with zero attached hydrogens (tertiary/aromatic N) is 8. The Kier molecular flexibility index (Phi) is 106. The van der Waals surface area contributed by atoms with Crippen molar-refractivity contribution < 1.29 is 226 Å². The van der Waals surface area contributed by atoms with Crippen LogP contribution in [0.3, 0.4) is 0 Å². The van der Waals surface area contributed by atoms with Crippen LogP contribution < -0.4 is 106 Å². The van der Waals surface area contributed by atoms with E-state index in [1.54, 1.807) is 46.7 Å². The van der Waals surface area contributed by atoms with Crippen LogP contribution in [-0.4, -0.2) is 109 Å². The van der Waals surface area contributed by atoms with E-state index < -0.39 is 41.0 Å². The number of rotatable bonds is 14. The van der Waals surface area contributed by atoms with Gasteiger partial charge in [0.25, 0.3) is 0 Å². The third-order valence-corrected chi connectivity index (χ3v) is 5.71. The number of nitriles is 2. The quantitative estimate of drug-likeness (QED) is 0.0874. The summed E-state index contributed by atoms with van der Waals surface area (Å²) in [5, 5.41) is 55.1. The zero-order chi connectivity index (χ0) is 55.5.